The molecule has 0 spiro atoms. The van der Waals surface area contributed by atoms with Crippen LogP contribution in [0.5, 0.6) is 5.75 Å². The van der Waals surface area contributed by atoms with Gasteiger partial charge in [-0.25, -0.2) is 9.97 Å². The lowest BCUT2D eigenvalue weighted by Crippen LogP contribution is -2.01. The Labute approximate surface area is 176 Å². The minimum Gasteiger partial charge on any atom is -0.497 e. The number of hydrogen-bond donors (Lipinski definition) is 1. The van der Waals surface area contributed by atoms with Gasteiger partial charge in [0.2, 0.25) is 0 Å². The number of ether oxygens (including phenoxy) is 1. The molecule has 0 saturated carbocycles. The smallest absolute Gasteiger partial charge is 0.179 e. The van der Waals surface area contributed by atoms with Crippen LogP contribution in [0.15, 0.2) is 54.7 Å². The van der Waals surface area contributed by atoms with Crippen LogP contribution in [0.1, 0.15) is 5.82 Å². The third kappa shape index (κ3) is 3.30. The Morgan fingerprint density at radius 3 is 2.76 bits per heavy atom. The van der Waals surface area contributed by atoms with Crippen LogP contribution >= 0.6 is 23.2 Å². The zero-order valence-electron chi connectivity index (χ0n) is 15.4. The number of imidazole rings is 1. The predicted molar refractivity (Wildman–Crippen MR) is 115 cm³/mol. The Morgan fingerprint density at radius 1 is 1.03 bits per heavy atom. The van der Waals surface area contributed by atoms with Gasteiger partial charge < -0.3 is 9.72 Å². The second kappa shape index (κ2) is 7.06. The Bertz CT molecular complexity index is 1360. The number of fused-ring (bicyclic) bond motifs is 2. The Kier molecular flexibility index (Phi) is 4.38. The van der Waals surface area contributed by atoms with E-state index in [2.05, 4.69) is 20.1 Å². The van der Waals surface area contributed by atoms with Gasteiger partial charge in [0.1, 0.15) is 16.7 Å². The van der Waals surface area contributed by atoms with Crippen LogP contribution < -0.4 is 4.74 Å². The molecule has 0 aliphatic carbocycles. The zero-order valence-corrected chi connectivity index (χ0v) is 16.9. The fraction of sp³-hybridized carbons (Fsp3) is 0.0952. The first-order valence-electron chi connectivity index (χ1n) is 8.92. The molecule has 5 rings (SSSR count). The summed E-state index contributed by atoms with van der Waals surface area (Å²) in [4.78, 5) is 12.0. The van der Waals surface area contributed by atoms with Crippen molar-refractivity contribution in [3.05, 3.63) is 70.7 Å². The molecule has 1 N–H and O–H groups in total. The summed E-state index contributed by atoms with van der Waals surface area (Å²) in [6.45, 7) is 0.485. The van der Waals surface area contributed by atoms with Crippen molar-refractivity contribution in [2.75, 3.05) is 7.11 Å². The van der Waals surface area contributed by atoms with Gasteiger partial charge in [0.25, 0.3) is 0 Å². The van der Waals surface area contributed by atoms with Gasteiger partial charge in [-0.3, -0.25) is 4.68 Å². The molecular weight excluding hydrogens is 409 g/mol. The summed E-state index contributed by atoms with van der Waals surface area (Å²) in [6.07, 6.45) is 2.00. The van der Waals surface area contributed by atoms with E-state index in [0.29, 0.717) is 22.4 Å². The number of H-pyrrole nitrogens is 1. The van der Waals surface area contributed by atoms with E-state index in [1.54, 1.807) is 13.2 Å². The van der Waals surface area contributed by atoms with Crippen molar-refractivity contribution in [2.45, 2.75) is 6.54 Å². The third-order valence-electron chi connectivity index (χ3n) is 4.74. The molecule has 8 heteroatoms. The van der Waals surface area contributed by atoms with Crippen LogP contribution in [0, 0.1) is 0 Å². The largest absolute Gasteiger partial charge is 0.497 e. The summed E-state index contributed by atoms with van der Waals surface area (Å²) in [5.74, 6) is 1.48. The lowest BCUT2D eigenvalue weighted by molar-refractivity contribution is 0.415. The molecule has 3 aromatic heterocycles. The highest BCUT2D eigenvalue weighted by molar-refractivity contribution is 6.34. The van der Waals surface area contributed by atoms with Gasteiger partial charge in [-0.2, -0.15) is 5.10 Å². The van der Waals surface area contributed by atoms with Crippen molar-refractivity contribution in [1.82, 2.24) is 24.7 Å². The van der Waals surface area contributed by atoms with E-state index < -0.39 is 0 Å². The second-order valence-electron chi connectivity index (χ2n) is 6.60. The minimum absolute atomic E-state index is 0.418. The van der Waals surface area contributed by atoms with Gasteiger partial charge >= 0.3 is 0 Å². The lowest BCUT2D eigenvalue weighted by atomic mass is 10.0. The van der Waals surface area contributed by atoms with Crippen molar-refractivity contribution in [1.29, 1.82) is 0 Å². The summed E-state index contributed by atoms with van der Waals surface area (Å²) < 4.78 is 7.10. The van der Waals surface area contributed by atoms with Crippen LogP contribution in [-0.2, 0) is 6.54 Å². The maximum absolute atomic E-state index is 6.50. The summed E-state index contributed by atoms with van der Waals surface area (Å²) >= 11 is 12.4. The molecule has 0 bridgehead atoms. The molecule has 0 saturated heterocycles. The van der Waals surface area contributed by atoms with Gasteiger partial charge in [0.15, 0.2) is 5.65 Å². The highest BCUT2D eigenvalue weighted by Gasteiger charge is 2.13. The molecule has 0 aliphatic heterocycles. The monoisotopic (exact) mass is 423 g/mol. The average Bonchev–Trinajstić information content (AvgIpc) is 3.30. The van der Waals surface area contributed by atoms with Crippen LogP contribution in [0.25, 0.3) is 33.2 Å². The fourth-order valence-corrected chi connectivity index (χ4v) is 3.81. The molecule has 5 aromatic rings. The summed E-state index contributed by atoms with van der Waals surface area (Å²) in [5.41, 5.74) is 4.26. The number of nitrogens with one attached hydrogen (secondary N) is 1. The van der Waals surface area contributed by atoms with Crippen molar-refractivity contribution >= 4 is 45.3 Å². The normalized spacial score (nSPS) is 11.4. The zero-order chi connectivity index (χ0) is 20.0. The molecular formula is C21H15Cl2N5O. The summed E-state index contributed by atoms with van der Waals surface area (Å²) in [5, 5.41) is 6.75. The van der Waals surface area contributed by atoms with Crippen LogP contribution in [-0.4, -0.2) is 31.8 Å². The topological polar surface area (TPSA) is 68.6 Å². The van der Waals surface area contributed by atoms with Crippen molar-refractivity contribution in [3.8, 4) is 16.9 Å². The van der Waals surface area contributed by atoms with E-state index in [-0.39, 0.29) is 0 Å². The van der Waals surface area contributed by atoms with E-state index in [1.807, 2.05) is 53.3 Å². The van der Waals surface area contributed by atoms with E-state index in [1.165, 1.54) is 0 Å². The molecule has 0 amide bonds. The van der Waals surface area contributed by atoms with E-state index in [0.717, 1.165) is 39.1 Å². The van der Waals surface area contributed by atoms with Crippen LogP contribution in [0.3, 0.4) is 0 Å². The second-order valence-corrected chi connectivity index (χ2v) is 7.39. The quantitative estimate of drug-likeness (QED) is 0.396. The van der Waals surface area contributed by atoms with Crippen molar-refractivity contribution in [2.24, 2.45) is 0 Å². The van der Waals surface area contributed by atoms with Crippen LogP contribution in [0.2, 0.25) is 10.2 Å². The third-order valence-corrected chi connectivity index (χ3v) is 5.26. The van der Waals surface area contributed by atoms with E-state index in [4.69, 9.17) is 27.9 Å². The van der Waals surface area contributed by atoms with Crippen LogP contribution in [0.4, 0.5) is 0 Å². The number of methoxy groups -OCH3 is 1. The highest BCUT2D eigenvalue weighted by Crippen LogP contribution is 2.35. The van der Waals surface area contributed by atoms with Gasteiger partial charge in [-0.15, -0.1) is 0 Å². The molecule has 0 unspecified atom stereocenters. The molecule has 144 valence electrons. The fourth-order valence-electron chi connectivity index (χ4n) is 3.40. The minimum atomic E-state index is 0.418. The predicted octanol–water partition coefficient (Wildman–Crippen LogP) is 5.34. The maximum atomic E-state index is 6.50. The first-order chi connectivity index (χ1) is 14.1. The first kappa shape index (κ1) is 18.0. The Hall–Kier alpha value is -3.09. The van der Waals surface area contributed by atoms with Gasteiger partial charge in [-0.05, 0) is 42.0 Å². The number of benzene rings is 2. The number of pyridine rings is 1. The Morgan fingerprint density at radius 2 is 1.93 bits per heavy atom. The maximum Gasteiger partial charge on any atom is 0.179 e. The molecule has 0 aliphatic rings. The molecule has 0 atom stereocenters. The highest BCUT2D eigenvalue weighted by atomic mass is 35.5. The molecule has 6 nitrogen and oxygen atoms in total. The Balaban J connectivity index is 1.54. The number of aromatic nitrogens is 5. The van der Waals surface area contributed by atoms with Gasteiger partial charge in [0, 0.05) is 17.1 Å². The molecule has 29 heavy (non-hydrogen) atoms. The number of hydrogen-bond acceptors (Lipinski definition) is 4. The summed E-state index contributed by atoms with van der Waals surface area (Å²) in [6, 6.07) is 15.3. The SMILES string of the molecule is COc1ccc(-c2cccc3nn(Cc4nc5nc(Cl)ccc5[nH]4)cc23)c(Cl)c1. The van der Waals surface area contributed by atoms with Crippen molar-refractivity contribution < 1.29 is 4.74 Å². The van der Waals surface area contributed by atoms with E-state index >= 15 is 0 Å². The van der Waals surface area contributed by atoms with Crippen molar-refractivity contribution in [3.63, 3.8) is 0 Å². The first-order valence-corrected chi connectivity index (χ1v) is 9.67. The van der Waals surface area contributed by atoms with Gasteiger partial charge in [0.05, 0.1) is 29.7 Å². The standard InChI is InChI=1S/C21H15Cl2N5O/c1-29-12-5-6-14(16(22)9-12)13-3-2-4-17-15(13)10-28(27-17)11-20-24-18-7-8-19(23)25-21(18)26-20/h2-10H,11H2,1H3,(H,24,25,26). The lowest BCUT2D eigenvalue weighted by Gasteiger charge is -2.07. The number of rotatable bonds is 4. The molecule has 3 heterocycles. The summed E-state index contributed by atoms with van der Waals surface area (Å²) in [7, 11) is 1.62. The molecule has 2 aromatic carbocycles. The number of halogens is 2. The van der Waals surface area contributed by atoms with Gasteiger partial charge in [-0.1, -0.05) is 35.3 Å². The van der Waals surface area contributed by atoms with E-state index in [9.17, 15) is 0 Å². The molecule has 0 fully saturated rings. The molecule has 0 radical (unpaired) electrons. The number of aromatic amines is 1. The number of nitrogens with zero attached hydrogens (tertiary/aromatic N) is 4. The average molecular weight is 424 g/mol.